The molecule has 18 heavy (non-hydrogen) atoms. The number of aromatic nitrogens is 2. The molecule has 2 aromatic rings. The van der Waals surface area contributed by atoms with Crippen LogP contribution in [0, 0.1) is 0 Å². The van der Waals surface area contributed by atoms with Crippen LogP contribution in [-0.2, 0) is 6.54 Å². The Bertz CT molecular complexity index is 450. The highest BCUT2D eigenvalue weighted by Crippen LogP contribution is 2.16. The number of benzene rings is 1. The summed E-state index contributed by atoms with van der Waals surface area (Å²) < 4.78 is 7.07. The van der Waals surface area contributed by atoms with Gasteiger partial charge in [0.25, 0.3) is 0 Å². The third kappa shape index (κ3) is 3.34. The zero-order valence-electron chi connectivity index (χ0n) is 10.8. The number of hydrogen-bond acceptors (Lipinski definition) is 3. The van der Waals surface area contributed by atoms with Gasteiger partial charge in [0, 0.05) is 25.0 Å². The lowest BCUT2D eigenvalue weighted by atomic mass is 10.1. The van der Waals surface area contributed by atoms with Gasteiger partial charge in [0.15, 0.2) is 0 Å². The predicted octanol–water partition coefficient (Wildman–Crippen LogP) is 2.24. The zero-order valence-corrected chi connectivity index (χ0v) is 10.8. The smallest absolute Gasteiger partial charge is 0.118 e. The van der Waals surface area contributed by atoms with Crippen molar-refractivity contribution in [2.24, 2.45) is 0 Å². The molecular formula is C14H19N3O. The van der Waals surface area contributed by atoms with E-state index >= 15 is 0 Å². The van der Waals surface area contributed by atoms with E-state index in [1.165, 1.54) is 5.56 Å². The van der Waals surface area contributed by atoms with Crippen molar-refractivity contribution in [3.8, 4) is 5.75 Å². The maximum absolute atomic E-state index is 5.15. The van der Waals surface area contributed by atoms with Crippen molar-refractivity contribution in [2.75, 3.05) is 13.7 Å². The van der Waals surface area contributed by atoms with Crippen LogP contribution in [-0.4, -0.2) is 23.4 Å². The Morgan fingerprint density at radius 1 is 1.33 bits per heavy atom. The van der Waals surface area contributed by atoms with Crippen LogP contribution in [0.25, 0.3) is 0 Å². The number of nitrogens with one attached hydrogen (secondary N) is 1. The molecule has 0 amide bonds. The molecule has 1 heterocycles. The topological polar surface area (TPSA) is 39.1 Å². The van der Waals surface area contributed by atoms with Crippen molar-refractivity contribution in [3.63, 3.8) is 0 Å². The zero-order chi connectivity index (χ0) is 12.8. The summed E-state index contributed by atoms with van der Waals surface area (Å²) in [6.45, 7) is 3.94. The Balaban J connectivity index is 1.81. The Labute approximate surface area is 108 Å². The fourth-order valence-electron chi connectivity index (χ4n) is 1.84. The molecular weight excluding hydrogens is 226 g/mol. The van der Waals surface area contributed by atoms with Gasteiger partial charge in [-0.15, -0.1) is 0 Å². The number of hydrogen-bond donors (Lipinski definition) is 1. The van der Waals surface area contributed by atoms with Crippen molar-refractivity contribution in [1.82, 2.24) is 15.1 Å². The van der Waals surface area contributed by atoms with E-state index in [0.717, 1.165) is 18.8 Å². The molecule has 4 nitrogen and oxygen atoms in total. The first-order chi connectivity index (χ1) is 8.79. The van der Waals surface area contributed by atoms with Gasteiger partial charge in [-0.1, -0.05) is 12.1 Å². The molecule has 1 N–H and O–H groups in total. The van der Waals surface area contributed by atoms with Crippen LogP contribution in [0.1, 0.15) is 18.5 Å². The average Bonchev–Trinajstić information content (AvgIpc) is 2.92. The molecule has 0 unspecified atom stereocenters. The van der Waals surface area contributed by atoms with E-state index in [9.17, 15) is 0 Å². The van der Waals surface area contributed by atoms with Crippen LogP contribution in [0.5, 0.6) is 5.75 Å². The maximum atomic E-state index is 5.15. The van der Waals surface area contributed by atoms with Crippen molar-refractivity contribution in [2.45, 2.75) is 19.5 Å². The molecule has 0 fully saturated rings. The van der Waals surface area contributed by atoms with Crippen LogP contribution in [0.15, 0.2) is 42.7 Å². The van der Waals surface area contributed by atoms with Gasteiger partial charge in [-0.2, -0.15) is 5.10 Å². The molecule has 0 radical (unpaired) electrons. The molecule has 1 aromatic heterocycles. The number of nitrogens with zero attached hydrogens (tertiary/aromatic N) is 2. The minimum atomic E-state index is 0.325. The largest absolute Gasteiger partial charge is 0.497 e. The molecule has 0 bridgehead atoms. The monoisotopic (exact) mass is 245 g/mol. The summed E-state index contributed by atoms with van der Waals surface area (Å²) in [6, 6.07) is 10.4. The van der Waals surface area contributed by atoms with Gasteiger partial charge in [-0.05, 0) is 30.7 Å². The van der Waals surface area contributed by atoms with Crippen molar-refractivity contribution in [1.29, 1.82) is 0 Å². The van der Waals surface area contributed by atoms with Gasteiger partial charge < -0.3 is 10.1 Å². The molecule has 2 rings (SSSR count). The van der Waals surface area contributed by atoms with E-state index in [1.807, 2.05) is 29.1 Å². The summed E-state index contributed by atoms with van der Waals surface area (Å²) >= 11 is 0. The summed E-state index contributed by atoms with van der Waals surface area (Å²) in [5.41, 5.74) is 1.26. The summed E-state index contributed by atoms with van der Waals surface area (Å²) in [6.07, 6.45) is 3.77. The SMILES string of the molecule is COc1ccc([C@H](C)NCCn2cccn2)cc1. The Morgan fingerprint density at radius 3 is 2.72 bits per heavy atom. The second-order valence-corrected chi connectivity index (χ2v) is 4.22. The number of rotatable bonds is 6. The van der Waals surface area contributed by atoms with Crippen LogP contribution in [0.4, 0.5) is 0 Å². The number of ether oxygens (including phenoxy) is 1. The Morgan fingerprint density at radius 2 is 2.11 bits per heavy atom. The van der Waals surface area contributed by atoms with Crippen LogP contribution in [0.3, 0.4) is 0 Å². The van der Waals surface area contributed by atoms with Gasteiger partial charge in [-0.3, -0.25) is 4.68 Å². The van der Waals surface area contributed by atoms with E-state index < -0.39 is 0 Å². The molecule has 0 aliphatic carbocycles. The molecule has 1 atom stereocenters. The first-order valence-corrected chi connectivity index (χ1v) is 6.14. The van der Waals surface area contributed by atoms with E-state index in [1.54, 1.807) is 13.3 Å². The summed E-state index contributed by atoms with van der Waals surface area (Å²) in [5, 5.41) is 7.64. The minimum Gasteiger partial charge on any atom is -0.497 e. The highest BCUT2D eigenvalue weighted by molar-refractivity contribution is 5.28. The average molecular weight is 245 g/mol. The van der Waals surface area contributed by atoms with Gasteiger partial charge in [0.2, 0.25) is 0 Å². The first-order valence-electron chi connectivity index (χ1n) is 6.14. The lowest BCUT2D eigenvalue weighted by molar-refractivity contribution is 0.414. The maximum Gasteiger partial charge on any atom is 0.118 e. The van der Waals surface area contributed by atoms with E-state index in [0.29, 0.717) is 6.04 Å². The molecule has 0 aliphatic heterocycles. The molecule has 0 spiro atoms. The highest BCUT2D eigenvalue weighted by Gasteiger charge is 2.04. The fourth-order valence-corrected chi connectivity index (χ4v) is 1.84. The van der Waals surface area contributed by atoms with Gasteiger partial charge in [-0.25, -0.2) is 0 Å². The van der Waals surface area contributed by atoms with Gasteiger partial charge in [0.05, 0.1) is 13.7 Å². The lowest BCUT2D eigenvalue weighted by Crippen LogP contribution is -2.23. The van der Waals surface area contributed by atoms with Crippen LogP contribution in [0.2, 0.25) is 0 Å². The molecule has 0 saturated heterocycles. The first kappa shape index (κ1) is 12.6. The summed E-state index contributed by atoms with van der Waals surface area (Å²) in [7, 11) is 1.68. The van der Waals surface area contributed by atoms with E-state index in [2.05, 4.69) is 29.5 Å². The Hall–Kier alpha value is -1.81. The van der Waals surface area contributed by atoms with Gasteiger partial charge >= 0.3 is 0 Å². The van der Waals surface area contributed by atoms with Crippen LogP contribution >= 0.6 is 0 Å². The van der Waals surface area contributed by atoms with Crippen molar-refractivity contribution in [3.05, 3.63) is 48.3 Å². The quantitative estimate of drug-likeness (QED) is 0.848. The molecule has 4 heteroatoms. The van der Waals surface area contributed by atoms with E-state index in [4.69, 9.17) is 4.74 Å². The third-order valence-electron chi connectivity index (χ3n) is 2.97. The summed E-state index contributed by atoms with van der Waals surface area (Å²) in [5.74, 6) is 0.891. The second kappa shape index (κ2) is 6.21. The molecule has 0 aliphatic rings. The van der Waals surface area contributed by atoms with Gasteiger partial charge in [0.1, 0.15) is 5.75 Å². The van der Waals surface area contributed by atoms with Crippen molar-refractivity contribution < 1.29 is 4.74 Å². The van der Waals surface area contributed by atoms with Crippen molar-refractivity contribution >= 4 is 0 Å². The molecule has 0 saturated carbocycles. The lowest BCUT2D eigenvalue weighted by Gasteiger charge is -2.14. The molecule has 96 valence electrons. The summed E-state index contributed by atoms with van der Waals surface area (Å²) in [4.78, 5) is 0. The van der Waals surface area contributed by atoms with Crippen LogP contribution < -0.4 is 10.1 Å². The molecule has 1 aromatic carbocycles. The Kier molecular flexibility index (Phi) is 4.36. The highest BCUT2D eigenvalue weighted by atomic mass is 16.5. The normalized spacial score (nSPS) is 12.3. The predicted molar refractivity (Wildman–Crippen MR) is 71.6 cm³/mol. The second-order valence-electron chi connectivity index (χ2n) is 4.22. The van der Waals surface area contributed by atoms with E-state index in [-0.39, 0.29) is 0 Å². The minimum absolute atomic E-state index is 0.325. The number of methoxy groups -OCH3 is 1. The standard InChI is InChI=1S/C14H19N3O/c1-12(13-4-6-14(18-2)7-5-13)15-9-11-17-10-3-8-16-17/h3-8,10,12,15H,9,11H2,1-2H3/t12-/m0/s1. The fraction of sp³-hybridized carbons (Fsp3) is 0.357. The third-order valence-corrected chi connectivity index (χ3v) is 2.97.